The van der Waals surface area contributed by atoms with Crippen molar-refractivity contribution in [3.05, 3.63) is 35.4 Å². The van der Waals surface area contributed by atoms with E-state index in [-0.39, 0.29) is 0 Å². The molecule has 1 heteroatoms. The minimum absolute atomic E-state index is 0.928. The topological polar surface area (TPSA) is 3.24 Å². The van der Waals surface area contributed by atoms with Crippen LogP contribution >= 0.6 is 0 Å². The molecule has 1 heterocycles. The molecule has 0 atom stereocenters. The molecule has 16 heavy (non-hydrogen) atoms. The first-order valence-corrected chi connectivity index (χ1v) is 6.58. The van der Waals surface area contributed by atoms with E-state index < -0.39 is 0 Å². The van der Waals surface area contributed by atoms with Crippen molar-refractivity contribution in [2.24, 2.45) is 5.92 Å². The molecule has 88 valence electrons. The lowest BCUT2D eigenvalue weighted by Crippen LogP contribution is -2.32. The average Bonchev–Trinajstić information content (AvgIpc) is 2.33. The van der Waals surface area contributed by atoms with Crippen LogP contribution in [0.1, 0.15) is 37.8 Å². The van der Waals surface area contributed by atoms with Crippen LogP contribution in [0.4, 0.5) is 0 Å². The third-order valence-electron chi connectivity index (χ3n) is 3.77. The number of hydrogen-bond donors (Lipinski definition) is 0. The highest BCUT2D eigenvalue weighted by molar-refractivity contribution is 5.26. The van der Waals surface area contributed by atoms with Crippen LogP contribution in [0.3, 0.4) is 0 Å². The minimum atomic E-state index is 0.928. The summed E-state index contributed by atoms with van der Waals surface area (Å²) in [7, 11) is 0. The van der Waals surface area contributed by atoms with E-state index in [4.69, 9.17) is 0 Å². The molecule has 1 aliphatic heterocycles. The molecule has 0 spiro atoms. The molecule has 0 saturated carbocycles. The number of likely N-dealkylation sites (tertiary alicyclic amines) is 1. The molecule has 1 nitrogen and oxygen atoms in total. The second kappa shape index (κ2) is 5.49. The molecule has 1 aliphatic rings. The first-order chi connectivity index (χ1) is 7.79. The SMILES string of the molecule is CCc1ccccc1CN1CCC(C)CC1. The van der Waals surface area contributed by atoms with Gasteiger partial charge in [0, 0.05) is 6.54 Å². The van der Waals surface area contributed by atoms with E-state index in [1.807, 2.05) is 0 Å². The highest BCUT2D eigenvalue weighted by Crippen LogP contribution is 2.19. The van der Waals surface area contributed by atoms with Crippen molar-refractivity contribution in [1.82, 2.24) is 4.90 Å². The van der Waals surface area contributed by atoms with Crippen LogP contribution < -0.4 is 0 Å². The number of aryl methyl sites for hydroxylation is 1. The van der Waals surface area contributed by atoms with Crippen molar-refractivity contribution in [2.75, 3.05) is 13.1 Å². The Morgan fingerprint density at radius 3 is 2.38 bits per heavy atom. The molecule has 0 radical (unpaired) electrons. The summed E-state index contributed by atoms with van der Waals surface area (Å²) in [6.07, 6.45) is 3.89. The monoisotopic (exact) mass is 217 g/mol. The van der Waals surface area contributed by atoms with Gasteiger partial charge in [0.05, 0.1) is 0 Å². The summed E-state index contributed by atoms with van der Waals surface area (Å²) in [6, 6.07) is 8.88. The summed E-state index contributed by atoms with van der Waals surface area (Å²) in [5, 5.41) is 0. The van der Waals surface area contributed by atoms with Crippen LogP contribution in [0.5, 0.6) is 0 Å². The van der Waals surface area contributed by atoms with Gasteiger partial charge in [-0.1, -0.05) is 38.1 Å². The molecule has 1 saturated heterocycles. The summed E-state index contributed by atoms with van der Waals surface area (Å²) in [4.78, 5) is 2.61. The van der Waals surface area contributed by atoms with Crippen molar-refractivity contribution >= 4 is 0 Å². The van der Waals surface area contributed by atoms with Crippen molar-refractivity contribution in [3.8, 4) is 0 Å². The largest absolute Gasteiger partial charge is 0.299 e. The van der Waals surface area contributed by atoms with E-state index in [1.54, 1.807) is 0 Å². The van der Waals surface area contributed by atoms with Gasteiger partial charge in [0.25, 0.3) is 0 Å². The summed E-state index contributed by atoms with van der Waals surface area (Å²) >= 11 is 0. The number of rotatable bonds is 3. The summed E-state index contributed by atoms with van der Waals surface area (Å²) < 4.78 is 0. The fourth-order valence-electron chi connectivity index (χ4n) is 2.52. The van der Waals surface area contributed by atoms with Gasteiger partial charge in [0.2, 0.25) is 0 Å². The molecule has 0 bridgehead atoms. The lowest BCUT2D eigenvalue weighted by molar-refractivity contribution is 0.185. The lowest BCUT2D eigenvalue weighted by Gasteiger charge is -2.30. The van der Waals surface area contributed by atoms with Crippen molar-refractivity contribution < 1.29 is 0 Å². The highest BCUT2D eigenvalue weighted by Gasteiger charge is 2.16. The van der Waals surface area contributed by atoms with Crippen LogP contribution in [0.25, 0.3) is 0 Å². The molecular formula is C15H23N. The van der Waals surface area contributed by atoms with Gasteiger partial charge in [-0.3, -0.25) is 4.90 Å². The summed E-state index contributed by atoms with van der Waals surface area (Å²) in [5.74, 6) is 0.928. The molecule has 0 amide bonds. The normalized spacial score (nSPS) is 18.9. The standard InChI is InChI=1S/C15H23N/c1-3-14-6-4-5-7-15(14)12-16-10-8-13(2)9-11-16/h4-7,13H,3,8-12H2,1-2H3. The predicted octanol–water partition coefficient (Wildman–Crippen LogP) is 3.48. The third-order valence-corrected chi connectivity index (χ3v) is 3.77. The number of piperidine rings is 1. The number of nitrogens with zero attached hydrogens (tertiary/aromatic N) is 1. The van der Waals surface area contributed by atoms with Gasteiger partial charge in [0.15, 0.2) is 0 Å². The van der Waals surface area contributed by atoms with Gasteiger partial charge in [-0.25, -0.2) is 0 Å². The van der Waals surface area contributed by atoms with Gasteiger partial charge in [0.1, 0.15) is 0 Å². The number of benzene rings is 1. The second-order valence-corrected chi connectivity index (χ2v) is 5.08. The van der Waals surface area contributed by atoms with E-state index in [0.29, 0.717) is 0 Å². The van der Waals surface area contributed by atoms with Gasteiger partial charge in [-0.2, -0.15) is 0 Å². The Balaban J connectivity index is 1.98. The van der Waals surface area contributed by atoms with Gasteiger partial charge >= 0.3 is 0 Å². The van der Waals surface area contributed by atoms with Gasteiger partial charge in [-0.05, 0) is 49.4 Å². The van der Waals surface area contributed by atoms with E-state index in [2.05, 4.69) is 43.0 Å². The minimum Gasteiger partial charge on any atom is -0.299 e. The first-order valence-electron chi connectivity index (χ1n) is 6.58. The van der Waals surface area contributed by atoms with Crippen molar-refractivity contribution in [2.45, 2.75) is 39.7 Å². The van der Waals surface area contributed by atoms with Crippen molar-refractivity contribution in [1.29, 1.82) is 0 Å². The van der Waals surface area contributed by atoms with E-state index in [0.717, 1.165) is 18.9 Å². The molecular weight excluding hydrogens is 194 g/mol. The summed E-state index contributed by atoms with van der Waals surface area (Å²) in [5.41, 5.74) is 3.04. The smallest absolute Gasteiger partial charge is 0.0236 e. The van der Waals surface area contributed by atoms with Gasteiger partial charge in [-0.15, -0.1) is 0 Å². The molecule has 1 fully saturated rings. The van der Waals surface area contributed by atoms with Crippen molar-refractivity contribution in [3.63, 3.8) is 0 Å². The Morgan fingerprint density at radius 1 is 1.12 bits per heavy atom. The molecule has 1 aromatic carbocycles. The predicted molar refractivity (Wildman–Crippen MR) is 69.5 cm³/mol. The Labute approximate surface area is 99.5 Å². The van der Waals surface area contributed by atoms with Crippen LogP contribution in [-0.4, -0.2) is 18.0 Å². The molecule has 1 aromatic rings. The molecule has 2 rings (SSSR count). The van der Waals surface area contributed by atoms with Crippen LogP contribution in [-0.2, 0) is 13.0 Å². The van der Waals surface area contributed by atoms with E-state index in [1.165, 1.54) is 37.1 Å². The zero-order valence-corrected chi connectivity index (χ0v) is 10.6. The molecule has 0 N–H and O–H groups in total. The van der Waals surface area contributed by atoms with Crippen LogP contribution in [0.2, 0.25) is 0 Å². The highest BCUT2D eigenvalue weighted by atomic mass is 15.1. The van der Waals surface area contributed by atoms with Crippen LogP contribution in [0.15, 0.2) is 24.3 Å². The van der Waals surface area contributed by atoms with E-state index in [9.17, 15) is 0 Å². The maximum absolute atomic E-state index is 2.61. The van der Waals surface area contributed by atoms with Gasteiger partial charge < -0.3 is 0 Å². The fourth-order valence-corrected chi connectivity index (χ4v) is 2.52. The number of hydrogen-bond acceptors (Lipinski definition) is 1. The third kappa shape index (κ3) is 2.85. The Kier molecular flexibility index (Phi) is 4.00. The Hall–Kier alpha value is -0.820. The average molecular weight is 217 g/mol. The zero-order chi connectivity index (χ0) is 11.4. The zero-order valence-electron chi connectivity index (χ0n) is 10.6. The first kappa shape index (κ1) is 11.7. The quantitative estimate of drug-likeness (QED) is 0.749. The molecule has 0 unspecified atom stereocenters. The molecule has 0 aromatic heterocycles. The maximum atomic E-state index is 2.61. The Morgan fingerprint density at radius 2 is 1.75 bits per heavy atom. The second-order valence-electron chi connectivity index (χ2n) is 5.08. The fraction of sp³-hybridized carbons (Fsp3) is 0.600. The molecule has 0 aliphatic carbocycles. The van der Waals surface area contributed by atoms with Crippen LogP contribution in [0, 0.1) is 5.92 Å². The lowest BCUT2D eigenvalue weighted by atomic mass is 9.98. The summed E-state index contributed by atoms with van der Waals surface area (Å²) in [6.45, 7) is 8.32. The Bertz CT molecular complexity index is 324. The van der Waals surface area contributed by atoms with E-state index >= 15 is 0 Å². The maximum Gasteiger partial charge on any atom is 0.0236 e.